The van der Waals surface area contributed by atoms with E-state index in [0.29, 0.717) is 0 Å². The smallest absolute Gasteiger partial charge is 0 e. The Morgan fingerprint density at radius 3 is 1.06 bits per heavy atom. The first-order valence-corrected chi connectivity index (χ1v) is 4.25. The normalized spacial score (nSPS) is 3.56. The zero-order chi connectivity index (χ0) is 12.6. The maximum absolute atomic E-state index is 6.47. The minimum Gasteiger partial charge on any atom is -0.358 e. The second kappa shape index (κ2) is 16.5. The van der Waals surface area contributed by atoms with Crippen molar-refractivity contribution in [2.75, 3.05) is 0 Å². The number of hydrogen-bond acceptors (Lipinski definition) is 0. The molecule has 0 bridgehead atoms. The van der Waals surface area contributed by atoms with Gasteiger partial charge in [0.15, 0.2) is 0 Å². The monoisotopic (exact) mass is 258 g/mol. The van der Waals surface area contributed by atoms with Gasteiger partial charge >= 0.3 is 0 Å². The van der Waals surface area contributed by atoms with Crippen molar-refractivity contribution in [3.8, 4) is 88.8 Å². The van der Waals surface area contributed by atoms with E-state index in [0.717, 1.165) is 0 Å². The van der Waals surface area contributed by atoms with E-state index < -0.39 is 0 Å². The third kappa shape index (κ3) is 15.5. The van der Waals surface area contributed by atoms with E-state index in [1.54, 1.807) is 6.92 Å². The molecule has 1 heteroatoms. The van der Waals surface area contributed by atoms with Crippen LogP contribution in [0.4, 0.5) is 0 Å². The fourth-order valence-corrected chi connectivity index (χ4v) is 0.438. The standard InChI is InChI=1S/C17H3.V/c1-3-5-7-9-11-13-15-17-16-14-12-10-8-6-4-2;/h1H3;/q-1;. The largest absolute Gasteiger partial charge is 0.358 e. The summed E-state index contributed by atoms with van der Waals surface area (Å²) >= 11 is 0. The molecule has 0 aromatic rings. The predicted octanol–water partition coefficient (Wildman–Crippen LogP) is 0.617. The molecule has 0 amide bonds. The fourth-order valence-electron chi connectivity index (χ4n) is 0.438. The Bertz CT molecular complexity index is 739. The molecule has 18 heavy (non-hydrogen) atoms. The molecule has 0 saturated heterocycles. The zero-order valence-corrected chi connectivity index (χ0v) is 10.8. The summed E-state index contributed by atoms with van der Waals surface area (Å²) in [5.41, 5.74) is 0. The van der Waals surface area contributed by atoms with Gasteiger partial charge in [0.2, 0.25) is 0 Å². The molecule has 0 N–H and O–H groups in total. The average Bonchev–Trinajstić information content (AvgIpc) is 2.35. The molecule has 0 rings (SSSR count). The summed E-state index contributed by atoms with van der Waals surface area (Å²) in [6.45, 7) is 1.70. The molecule has 77 valence electrons. The summed E-state index contributed by atoms with van der Waals surface area (Å²) in [4.78, 5) is 0. The van der Waals surface area contributed by atoms with E-state index in [1.165, 1.54) is 0 Å². The summed E-state index contributed by atoms with van der Waals surface area (Å²) in [5.74, 6) is 36.3. The molecular formula is C17H3V-. The van der Waals surface area contributed by atoms with Crippen molar-refractivity contribution < 1.29 is 18.6 Å². The Kier molecular flexibility index (Phi) is 16.0. The molecule has 0 aliphatic rings. The Morgan fingerprint density at radius 1 is 0.500 bits per heavy atom. The van der Waals surface area contributed by atoms with Crippen molar-refractivity contribution in [1.82, 2.24) is 0 Å². The van der Waals surface area contributed by atoms with Crippen molar-refractivity contribution in [3.05, 3.63) is 6.42 Å². The van der Waals surface area contributed by atoms with E-state index >= 15 is 0 Å². The Balaban J connectivity index is 0. The van der Waals surface area contributed by atoms with Crippen LogP contribution in [0.2, 0.25) is 0 Å². The van der Waals surface area contributed by atoms with E-state index in [2.05, 4.69) is 82.9 Å². The first kappa shape index (κ1) is 17.5. The summed E-state index contributed by atoms with van der Waals surface area (Å²) in [7, 11) is 0. The minimum absolute atomic E-state index is 0. The molecule has 0 nitrogen and oxygen atoms in total. The molecule has 0 atom stereocenters. The van der Waals surface area contributed by atoms with Crippen LogP contribution in [0.5, 0.6) is 0 Å². The van der Waals surface area contributed by atoms with Gasteiger partial charge in [-0.3, -0.25) is 5.92 Å². The molecular weight excluding hydrogens is 255 g/mol. The summed E-state index contributed by atoms with van der Waals surface area (Å²) in [6.07, 6.45) is 6.47. The predicted molar refractivity (Wildman–Crippen MR) is 67.2 cm³/mol. The van der Waals surface area contributed by atoms with Crippen LogP contribution in [0.3, 0.4) is 0 Å². The second-order valence-corrected chi connectivity index (χ2v) is 2.00. The quantitative estimate of drug-likeness (QED) is 0.441. The minimum atomic E-state index is 0. The van der Waals surface area contributed by atoms with Crippen molar-refractivity contribution in [1.29, 1.82) is 0 Å². The van der Waals surface area contributed by atoms with E-state index in [9.17, 15) is 0 Å². The van der Waals surface area contributed by atoms with Gasteiger partial charge in [-0.25, -0.2) is 5.92 Å². The van der Waals surface area contributed by atoms with Gasteiger partial charge in [0.1, 0.15) is 0 Å². The van der Waals surface area contributed by atoms with Crippen molar-refractivity contribution in [2.24, 2.45) is 0 Å². The number of hydrogen-bond donors (Lipinski definition) is 0. The van der Waals surface area contributed by atoms with Crippen LogP contribution in [0, 0.1) is 95.2 Å². The molecule has 0 unspecified atom stereocenters. The zero-order valence-electron chi connectivity index (χ0n) is 9.45. The average molecular weight is 258 g/mol. The summed E-state index contributed by atoms with van der Waals surface area (Å²) in [5, 5.41) is 0. The van der Waals surface area contributed by atoms with Crippen molar-refractivity contribution >= 4 is 0 Å². The Morgan fingerprint density at radius 2 is 0.778 bits per heavy atom. The molecule has 0 aliphatic carbocycles. The van der Waals surface area contributed by atoms with Gasteiger partial charge in [0.05, 0.1) is 0 Å². The number of rotatable bonds is 0. The van der Waals surface area contributed by atoms with E-state index in [1.807, 2.05) is 5.92 Å². The third-order valence-corrected chi connectivity index (χ3v) is 0.938. The third-order valence-electron chi connectivity index (χ3n) is 0.938. The Labute approximate surface area is 121 Å². The van der Waals surface area contributed by atoms with Gasteiger partial charge in [-0.2, -0.15) is 0 Å². The van der Waals surface area contributed by atoms with E-state index in [-0.39, 0.29) is 18.6 Å². The van der Waals surface area contributed by atoms with Crippen LogP contribution in [-0.4, -0.2) is 0 Å². The van der Waals surface area contributed by atoms with E-state index in [4.69, 9.17) is 6.42 Å². The summed E-state index contributed by atoms with van der Waals surface area (Å²) < 4.78 is 0. The van der Waals surface area contributed by atoms with Gasteiger partial charge in [-0.05, 0) is 72.0 Å². The summed E-state index contributed by atoms with van der Waals surface area (Å²) in [6, 6.07) is 0. The molecule has 0 spiro atoms. The van der Waals surface area contributed by atoms with Gasteiger partial charge in [-0.15, -0.1) is 5.92 Å². The van der Waals surface area contributed by atoms with Crippen molar-refractivity contribution in [3.63, 3.8) is 0 Å². The SMILES string of the molecule is [C-]#CC#CC#CC#CC#CC#CC#CC#CC.[V]. The molecule has 1 radical (unpaired) electrons. The molecule has 0 aromatic heterocycles. The van der Waals surface area contributed by atoms with Crippen LogP contribution in [0.15, 0.2) is 0 Å². The van der Waals surface area contributed by atoms with Gasteiger partial charge in [0.25, 0.3) is 0 Å². The molecule has 0 aromatic carbocycles. The van der Waals surface area contributed by atoms with Gasteiger partial charge in [-0.1, -0.05) is 5.92 Å². The molecule has 0 saturated carbocycles. The maximum Gasteiger partial charge on any atom is 0 e. The maximum atomic E-state index is 6.47. The van der Waals surface area contributed by atoms with Gasteiger partial charge < -0.3 is 6.42 Å². The molecule has 0 aliphatic heterocycles. The Hall–Kier alpha value is -2.94. The van der Waals surface area contributed by atoms with Gasteiger partial charge in [0, 0.05) is 18.6 Å². The second-order valence-electron chi connectivity index (χ2n) is 2.00. The van der Waals surface area contributed by atoms with Crippen LogP contribution in [-0.2, 0) is 18.6 Å². The van der Waals surface area contributed by atoms with Crippen LogP contribution in [0.1, 0.15) is 6.92 Å². The van der Waals surface area contributed by atoms with Crippen molar-refractivity contribution in [2.45, 2.75) is 6.92 Å². The molecule has 0 fully saturated rings. The fraction of sp³-hybridized carbons (Fsp3) is 0.0588. The topological polar surface area (TPSA) is 0 Å². The molecule has 0 heterocycles. The van der Waals surface area contributed by atoms with Crippen LogP contribution >= 0.6 is 0 Å². The first-order chi connectivity index (χ1) is 8.41. The van der Waals surface area contributed by atoms with Crippen LogP contribution < -0.4 is 0 Å². The van der Waals surface area contributed by atoms with Crippen LogP contribution in [0.25, 0.3) is 0 Å². The first-order valence-electron chi connectivity index (χ1n) is 4.25.